The van der Waals surface area contributed by atoms with Crippen molar-refractivity contribution >= 4 is 0 Å². The summed E-state index contributed by atoms with van der Waals surface area (Å²) in [5.41, 5.74) is 8.27. The Hall–Kier alpha value is -2.08. The Kier molecular flexibility index (Phi) is 20.3. The van der Waals surface area contributed by atoms with Crippen LogP contribution in [0.2, 0.25) is 0 Å². The molecule has 0 amide bonds. The quantitative estimate of drug-likeness (QED) is 0.222. The van der Waals surface area contributed by atoms with Gasteiger partial charge in [-0.15, -0.1) is 0 Å². The van der Waals surface area contributed by atoms with Gasteiger partial charge in [0.2, 0.25) is 0 Å². The zero-order valence-corrected chi connectivity index (χ0v) is 21.3. The van der Waals surface area contributed by atoms with Crippen molar-refractivity contribution in [3.63, 3.8) is 0 Å². The molecule has 0 aromatic rings. The lowest BCUT2D eigenvalue weighted by Crippen LogP contribution is -1.77. The fourth-order valence-electron chi connectivity index (χ4n) is 2.44. The minimum Gasteiger partial charge on any atom is -0.0988 e. The summed E-state index contributed by atoms with van der Waals surface area (Å²) >= 11 is 0. The number of rotatable bonds is 12. The first-order valence-corrected chi connectivity index (χ1v) is 11.3. The first-order valence-electron chi connectivity index (χ1n) is 11.3. The minimum atomic E-state index is 1.03. The third-order valence-corrected chi connectivity index (χ3v) is 4.64. The molecular formula is C30H48. The Morgan fingerprint density at radius 1 is 0.500 bits per heavy atom. The zero-order chi connectivity index (χ0) is 23.4. The van der Waals surface area contributed by atoms with E-state index >= 15 is 0 Å². The standard InChI is InChI=1S/2C15H24/c2*1-6-14(4)10-8-12-15(5)11-7-9-13(2)3/h2*6,9-10,12H,1,7-8,11H2,2-5H3/b14-10+,15-12+;. The highest BCUT2D eigenvalue weighted by molar-refractivity contribution is 5.16. The summed E-state index contributed by atoms with van der Waals surface area (Å²) in [4.78, 5) is 0. The van der Waals surface area contributed by atoms with Crippen LogP contribution in [0.1, 0.15) is 93.9 Å². The van der Waals surface area contributed by atoms with Gasteiger partial charge in [-0.05, 0) is 93.9 Å². The Labute approximate surface area is 189 Å². The van der Waals surface area contributed by atoms with E-state index in [4.69, 9.17) is 0 Å². The van der Waals surface area contributed by atoms with Crippen LogP contribution in [0, 0.1) is 0 Å². The third-order valence-electron chi connectivity index (χ3n) is 4.64. The van der Waals surface area contributed by atoms with E-state index in [2.05, 4.69) is 105 Å². The minimum absolute atomic E-state index is 1.03. The summed E-state index contributed by atoms with van der Waals surface area (Å²) < 4.78 is 0. The zero-order valence-electron chi connectivity index (χ0n) is 21.3. The number of hydrogen-bond acceptors (Lipinski definition) is 0. The van der Waals surface area contributed by atoms with Crippen molar-refractivity contribution < 1.29 is 0 Å². The van der Waals surface area contributed by atoms with E-state index < -0.39 is 0 Å². The van der Waals surface area contributed by atoms with Crippen molar-refractivity contribution in [1.82, 2.24) is 0 Å². The maximum atomic E-state index is 3.73. The van der Waals surface area contributed by atoms with E-state index in [1.807, 2.05) is 12.2 Å². The molecule has 168 valence electrons. The fourth-order valence-corrected chi connectivity index (χ4v) is 2.44. The largest absolute Gasteiger partial charge is 0.0988 e. The molecule has 0 aliphatic rings. The average Bonchev–Trinajstić information content (AvgIpc) is 2.67. The van der Waals surface area contributed by atoms with E-state index in [0.717, 1.165) is 25.7 Å². The molecule has 0 aliphatic carbocycles. The molecule has 0 atom stereocenters. The molecule has 0 heterocycles. The summed E-state index contributed by atoms with van der Waals surface area (Å²) in [6.45, 7) is 24.6. The maximum absolute atomic E-state index is 3.73. The molecule has 30 heavy (non-hydrogen) atoms. The van der Waals surface area contributed by atoms with Crippen LogP contribution in [0.15, 0.2) is 95.2 Å². The van der Waals surface area contributed by atoms with Crippen LogP contribution in [0.4, 0.5) is 0 Å². The van der Waals surface area contributed by atoms with E-state index in [1.54, 1.807) is 0 Å². The van der Waals surface area contributed by atoms with Crippen molar-refractivity contribution in [1.29, 1.82) is 0 Å². The van der Waals surface area contributed by atoms with Gasteiger partial charge in [0.15, 0.2) is 0 Å². The van der Waals surface area contributed by atoms with Gasteiger partial charge in [0.1, 0.15) is 0 Å². The maximum Gasteiger partial charge on any atom is -0.0161 e. The van der Waals surface area contributed by atoms with E-state index in [1.165, 1.54) is 46.3 Å². The predicted octanol–water partition coefficient (Wildman–Crippen LogP) is 10.4. The lowest BCUT2D eigenvalue weighted by atomic mass is 10.1. The molecule has 0 bridgehead atoms. The van der Waals surface area contributed by atoms with Crippen molar-refractivity contribution in [2.24, 2.45) is 0 Å². The summed E-state index contributed by atoms with van der Waals surface area (Å²) in [7, 11) is 0. The number of allylic oxidation sites excluding steroid dienone is 14. The van der Waals surface area contributed by atoms with E-state index in [0.29, 0.717) is 0 Å². The highest BCUT2D eigenvalue weighted by Crippen LogP contribution is 2.09. The van der Waals surface area contributed by atoms with Gasteiger partial charge in [-0.25, -0.2) is 0 Å². The van der Waals surface area contributed by atoms with Gasteiger partial charge in [-0.1, -0.05) is 95.2 Å². The van der Waals surface area contributed by atoms with Gasteiger partial charge in [0, 0.05) is 0 Å². The molecule has 0 aromatic heterocycles. The van der Waals surface area contributed by atoms with Crippen LogP contribution in [-0.2, 0) is 0 Å². The summed E-state index contributed by atoms with van der Waals surface area (Å²) in [6, 6.07) is 0. The predicted molar refractivity (Wildman–Crippen MR) is 142 cm³/mol. The Balaban J connectivity index is 0. The average molecular weight is 409 g/mol. The molecule has 0 radical (unpaired) electrons. The lowest BCUT2D eigenvalue weighted by molar-refractivity contribution is 0.958. The molecule has 0 aromatic carbocycles. The summed E-state index contributed by atoms with van der Waals surface area (Å²) in [5.74, 6) is 0. The van der Waals surface area contributed by atoms with Crippen LogP contribution < -0.4 is 0 Å². The monoisotopic (exact) mass is 408 g/mol. The second kappa shape index (κ2) is 20.2. The number of hydrogen-bond donors (Lipinski definition) is 0. The molecule has 0 saturated carbocycles. The van der Waals surface area contributed by atoms with Crippen molar-refractivity contribution in [2.75, 3.05) is 0 Å². The molecule has 0 N–H and O–H groups in total. The van der Waals surface area contributed by atoms with E-state index in [-0.39, 0.29) is 0 Å². The van der Waals surface area contributed by atoms with Crippen molar-refractivity contribution in [3.05, 3.63) is 95.2 Å². The molecule has 0 rings (SSSR count). The first kappa shape index (κ1) is 30.1. The smallest absolute Gasteiger partial charge is 0.0161 e. The van der Waals surface area contributed by atoms with Crippen LogP contribution in [0.25, 0.3) is 0 Å². The normalized spacial score (nSPS) is 12.5. The van der Waals surface area contributed by atoms with Gasteiger partial charge in [0.05, 0.1) is 0 Å². The SMILES string of the molecule is C=C/C(C)=C/C/C=C(\C)CCC=C(C)C.C=CC(C)=CCC=C(C)CCC=C(C)C. The van der Waals surface area contributed by atoms with E-state index in [9.17, 15) is 0 Å². The van der Waals surface area contributed by atoms with Gasteiger partial charge in [-0.3, -0.25) is 0 Å². The Bertz CT molecular complexity index is 601. The second-order valence-electron chi connectivity index (χ2n) is 8.52. The van der Waals surface area contributed by atoms with Crippen LogP contribution in [0.3, 0.4) is 0 Å². The van der Waals surface area contributed by atoms with Crippen molar-refractivity contribution in [3.8, 4) is 0 Å². The molecule has 0 heteroatoms. The Morgan fingerprint density at radius 3 is 1.10 bits per heavy atom. The van der Waals surface area contributed by atoms with Crippen LogP contribution >= 0.6 is 0 Å². The fraction of sp³-hybridized carbons (Fsp3) is 0.467. The molecule has 0 unspecified atom stereocenters. The van der Waals surface area contributed by atoms with Gasteiger partial charge in [-0.2, -0.15) is 0 Å². The van der Waals surface area contributed by atoms with Gasteiger partial charge in [0.25, 0.3) is 0 Å². The molecule has 0 saturated heterocycles. The molecule has 0 aliphatic heterocycles. The summed E-state index contributed by atoms with van der Waals surface area (Å²) in [5, 5.41) is 0. The topological polar surface area (TPSA) is 0 Å². The third kappa shape index (κ3) is 24.0. The second-order valence-corrected chi connectivity index (χ2v) is 8.52. The van der Waals surface area contributed by atoms with Crippen LogP contribution in [0.5, 0.6) is 0 Å². The van der Waals surface area contributed by atoms with Gasteiger partial charge < -0.3 is 0 Å². The van der Waals surface area contributed by atoms with Crippen molar-refractivity contribution in [2.45, 2.75) is 93.9 Å². The Morgan fingerprint density at radius 2 is 0.833 bits per heavy atom. The molecule has 0 spiro atoms. The first-order chi connectivity index (χ1) is 14.1. The molecular weight excluding hydrogens is 360 g/mol. The molecule has 0 nitrogen and oxygen atoms in total. The lowest BCUT2D eigenvalue weighted by Gasteiger charge is -1.98. The highest BCUT2D eigenvalue weighted by Gasteiger charge is 1.89. The molecule has 0 fully saturated rings. The summed E-state index contributed by atoms with van der Waals surface area (Å²) in [6.07, 6.45) is 24.1. The van der Waals surface area contributed by atoms with Gasteiger partial charge >= 0.3 is 0 Å². The highest BCUT2D eigenvalue weighted by atomic mass is 14.0. The van der Waals surface area contributed by atoms with Crippen LogP contribution in [-0.4, -0.2) is 0 Å².